The zero-order valence-corrected chi connectivity index (χ0v) is 10.1. The Morgan fingerprint density at radius 3 is 2.00 bits per heavy atom. The largest absolute Gasteiger partial charge is 0.333 e. The molecule has 0 atom stereocenters. The predicted molar refractivity (Wildman–Crippen MR) is 67.0 cm³/mol. The molecule has 0 unspecified atom stereocenters. The van der Waals surface area contributed by atoms with Crippen molar-refractivity contribution < 1.29 is 4.57 Å². The van der Waals surface area contributed by atoms with Gasteiger partial charge in [-0.05, 0) is 43.0 Å². The summed E-state index contributed by atoms with van der Waals surface area (Å²) in [7, 11) is 4.06. The highest BCUT2D eigenvalue weighted by Crippen LogP contribution is 2.26. The van der Waals surface area contributed by atoms with E-state index in [4.69, 9.17) is 0 Å². The van der Waals surface area contributed by atoms with E-state index in [9.17, 15) is 0 Å². The van der Waals surface area contributed by atoms with E-state index in [0.717, 1.165) is 0 Å². The molecule has 0 bridgehead atoms. The van der Waals surface area contributed by atoms with Gasteiger partial charge in [0.1, 0.15) is 5.69 Å². The number of nitrogens with zero attached hydrogens (tertiary/aromatic N) is 1. The molecule has 0 N–H and O–H groups in total. The third-order valence-electron chi connectivity index (χ3n) is 2.99. The first-order chi connectivity index (χ1) is 7.61. The van der Waals surface area contributed by atoms with Gasteiger partial charge in [-0.2, -0.15) is 0 Å². The molecule has 82 valence electrons. The van der Waals surface area contributed by atoms with Crippen molar-refractivity contribution in [3.63, 3.8) is 0 Å². The molecule has 0 saturated heterocycles. The molecule has 1 heteroatoms. The van der Waals surface area contributed by atoms with E-state index in [1.807, 2.05) is 16.8 Å². The monoisotopic (exact) mass is 211 g/mol. The van der Waals surface area contributed by atoms with Crippen LogP contribution in [0.1, 0.15) is 16.7 Å². The van der Waals surface area contributed by atoms with Gasteiger partial charge < -0.3 is 4.57 Å². The number of rotatable bonds is 1. The SMILES string of the molecule is [CH2-][n+]1cccc(C)c1-c1c(C)cccc1C. The molecule has 0 spiro atoms. The first kappa shape index (κ1) is 10.7. The second-order valence-electron chi connectivity index (χ2n) is 4.28. The third kappa shape index (κ3) is 1.69. The molecule has 1 heterocycles. The molecule has 0 fully saturated rings. The highest BCUT2D eigenvalue weighted by atomic mass is 14.9. The minimum absolute atomic E-state index is 1.21. The summed E-state index contributed by atoms with van der Waals surface area (Å²) in [5.74, 6) is 0. The van der Waals surface area contributed by atoms with Crippen LogP contribution in [0, 0.1) is 27.8 Å². The number of aryl methyl sites for hydroxylation is 3. The lowest BCUT2D eigenvalue weighted by atomic mass is 9.97. The van der Waals surface area contributed by atoms with Crippen LogP contribution in [0.5, 0.6) is 0 Å². The lowest BCUT2D eigenvalue weighted by Crippen LogP contribution is -2.29. The highest BCUT2D eigenvalue weighted by Gasteiger charge is 2.10. The molecular weight excluding hydrogens is 194 g/mol. The molecule has 2 rings (SSSR count). The minimum Gasteiger partial charge on any atom is -0.333 e. The van der Waals surface area contributed by atoms with E-state index in [-0.39, 0.29) is 0 Å². The Bertz CT molecular complexity index is 437. The number of benzene rings is 1. The van der Waals surface area contributed by atoms with Crippen molar-refractivity contribution in [1.82, 2.24) is 0 Å². The first-order valence-electron chi connectivity index (χ1n) is 5.50. The predicted octanol–water partition coefficient (Wildman–Crippen LogP) is 3.21. The van der Waals surface area contributed by atoms with Gasteiger partial charge in [-0.1, -0.05) is 30.3 Å². The van der Waals surface area contributed by atoms with Gasteiger partial charge in [0.2, 0.25) is 0 Å². The van der Waals surface area contributed by atoms with Crippen LogP contribution in [-0.2, 0) is 0 Å². The topological polar surface area (TPSA) is 3.88 Å². The molecule has 1 aromatic carbocycles. The smallest absolute Gasteiger partial charge is 0.115 e. The van der Waals surface area contributed by atoms with Gasteiger partial charge in [-0.25, -0.2) is 0 Å². The summed E-state index contributed by atoms with van der Waals surface area (Å²) in [6.45, 7) is 6.42. The van der Waals surface area contributed by atoms with Crippen LogP contribution in [0.4, 0.5) is 0 Å². The average Bonchev–Trinajstić information content (AvgIpc) is 2.21. The molecular formula is C15H17N. The number of hydrogen-bond donors (Lipinski definition) is 0. The summed E-state index contributed by atoms with van der Waals surface area (Å²) in [6, 6.07) is 10.5. The molecule has 0 aliphatic carbocycles. The van der Waals surface area contributed by atoms with Crippen LogP contribution >= 0.6 is 0 Å². The molecule has 0 aliphatic rings. The van der Waals surface area contributed by atoms with E-state index < -0.39 is 0 Å². The molecule has 1 aromatic heterocycles. The number of hydrogen-bond acceptors (Lipinski definition) is 0. The third-order valence-corrected chi connectivity index (χ3v) is 2.99. The standard InChI is InChI=1S/C15H17N/c1-11-7-5-8-12(2)14(11)15-13(3)9-6-10-16(15)4/h5-10H,4H2,1-3H3. The van der Waals surface area contributed by atoms with Crippen molar-refractivity contribution in [2.45, 2.75) is 20.8 Å². The molecule has 0 saturated carbocycles. The van der Waals surface area contributed by atoms with Crippen LogP contribution in [0.15, 0.2) is 36.5 Å². The normalized spacial score (nSPS) is 10.4. The Balaban J connectivity index is 2.77. The molecule has 0 radical (unpaired) electrons. The van der Waals surface area contributed by atoms with Gasteiger partial charge in [0, 0.05) is 7.05 Å². The Kier molecular flexibility index (Phi) is 2.69. The van der Waals surface area contributed by atoms with E-state index in [2.05, 4.69) is 52.1 Å². The maximum absolute atomic E-state index is 4.06. The molecule has 0 amide bonds. The second-order valence-corrected chi connectivity index (χ2v) is 4.28. The fourth-order valence-corrected chi connectivity index (χ4v) is 2.20. The molecule has 16 heavy (non-hydrogen) atoms. The minimum atomic E-state index is 1.21. The lowest BCUT2D eigenvalue weighted by molar-refractivity contribution is -0.601. The van der Waals surface area contributed by atoms with Crippen LogP contribution in [0.25, 0.3) is 11.3 Å². The highest BCUT2D eigenvalue weighted by molar-refractivity contribution is 5.67. The van der Waals surface area contributed by atoms with Crippen LogP contribution in [0.3, 0.4) is 0 Å². The summed E-state index contributed by atoms with van der Waals surface area (Å²) < 4.78 is 1.95. The van der Waals surface area contributed by atoms with Gasteiger partial charge in [0.05, 0.1) is 6.20 Å². The summed E-state index contributed by atoms with van der Waals surface area (Å²) in [5, 5.41) is 0. The quantitative estimate of drug-likeness (QED) is 0.504. The molecule has 0 aliphatic heterocycles. The van der Waals surface area contributed by atoms with E-state index in [1.165, 1.54) is 27.9 Å². The first-order valence-corrected chi connectivity index (χ1v) is 5.50. The summed E-state index contributed by atoms with van der Waals surface area (Å²) in [4.78, 5) is 0. The van der Waals surface area contributed by atoms with E-state index in [0.29, 0.717) is 0 Å². The summed E-state index contributed by atoms with van der Waals surface area (Å²) in [6.07, 6.45) is 1.99. The fourth-order valence-electron chi connectivity index (χ4n) is 2.20. The number of pyridine rings is 1. The van der Waals surface area contributed by atoms with Crippen molar-refractivity contribution in [3.05, 3.63) is 60.3 Å². The Morgan fingerprint density at radius 1 is 0.875 bits per heavy atom. The second kappa shape index (κ2) is 4.01. The van der Waals surface area contributed by atoms with Gasteiger partial charge in [0.25, 0.3) is 0 Å². The maximum Gasteiger partial charge on any atom is 0.115 e. The average molecular weight is 211 g/mol. The van der Waals surface area contributed by atoms with Crippen LogP contribution in [-0.4, -0.2) is 0 Å². The van der Waals surface area contributed by atoms with Gasteiger partial charge in [0.15, 0.2) is 0 Å². The van der Waals surface area contributed by atoms with Crippen molar-refractivity contribution >= 4 is 0 Å². The zero-order valence-electron chi connectivity index (χ0n) is 10.1. The summed E-state index contributed by atoms with van der Waals surface area (Å²) >= 11 is 0. The van der Waals surface area contributed by atoms with E-state index in [1.54, 1.807) is 0 Å². The lowest BCUT2D eigenvalue weighted by Gasteiger charge is -2.15. The van der Waals surface area contributed by atoms with Crippen LogP contribution in [0.2, 0.25) is 0 Å². The fraction of sp³-hybridized carbons (Fsp3) is 0.200. The van der Waals surface area contributed by atoms with Gasteiger partial charge in [-0.15, -0.1) is 0 Å². The number of aromatic nitrogens is 1. The maximum atomic E-state index is 4.06. The Hall–Kier alpha value is -1.76. The Labute approximate surface area is 97.4 Å². The van der Waals surface area contributed by atoms with E-state index >= 15 is 0 Å². The summed E-state index contributed by atoms with van der Waals surface area (Å²) in [5.41, 5.74) is 6.36. The van der Waals surface area contributed by atoms with Gasteiger partial charge >= 0.3 is 0 Å². The van der Waals surface area contributed by atoms with Crippen molar-refractivity contribution in [2.24, 2.45) is 0 Å². The Morgan fingerprint density at radius 2 is 1.44 bits per heavy atom. The molecule has 1 nitrogen and oxygen atoms in total. The van der Waals surface area contributed by atoms with Crippen LogP contribution < -0.4 is 4.57 Å². The van der Waals surface area contributed by atoms with Gasteiger partial charge in [-0.3, -0.25) is 0 Å². The van der Waals surface area contributed by atoms with Crippen molar-refractivity contribution in [1.29, 1.82) is 0 Å². The van der Waals surface area contributed by atoms with Crippen molar-refractivity contribution in [3.8, 4) is 11.3 Å². The van der Waals surface area contributed by atoms with Crippen molar-refractivity contribution in [2.75, 3.05) is 0 Å². The molecule has 2 aromatic rings. The zero-order chi connectivity index (χ0) is 11.7.